The fourth-order valence-corrected chi connectivity index (χ4v) is 3.84. The Bertz CT molecular complexity index is 1110. The number of carbonyl (C=O) groups is 1. The molecule has 0 spiro atoms. The molecule has 2 aromatic carbocycles. The Hall–Kier alpha value is -2.58. The van der Waals surface area contributed by atoms with Gasteiger partial charge in [-0.05, 0) is 43.2 Å². The van der Waals surface area contributed by atoms with Crippen molar-refractivity contribution in [2.24, 2.45) is 0 Å². The van der Waals surface area contributed by atoms with Crippen molar-refractivity contribution < 1.29 is 13.9 Å². The quantitative estimate of drug-likeness (QED) is 0.631. The Morgan fingerprint density at radius 1 is 1.31 bits per heavy atom. The van der Waals surface area contributed by atoms with Crippen LogP contribution in [0.5, 0.6) is 0 Å². The predicted octanol–water partition coefficient (Wildman–Crippen LogP) is 3.65. The lowest BCUT2D eigenvalue weighted by atomic mass is 10.1. The molecule has 0 saturated carbocycles. The van der Waals surface area contributed by atoms with E-state index in [9.17, 15) is 14.0 Å². The number of ether oxygens (including phenoxy) is 1. The number of hydrogen-bond donors (Lipinski definition) is 1. The summed E-state index contributed by atoms with van der Waals surface area (Å²) >= 11 is 3.28. The Morgan fingerprint density at radius 2 is 2.14 bits per heavy atom. The number of hydrogen-bond acceptors (Lipinski definition) is 4. The summed E-state index contributed by atoms with van der Waals surface area (Å²) in [5, 5.41) is 0.478. The molecule has 6 nitrogen and oxygen atoms in total. The number of aromatic nitrogens is 2. The van der Waals surface area contributed by atoms with Gasteiger partial charge in [-0.25, -0.2) is 9.37 Å². The molecule has 2 heterocycles. The highest BCUT2D eigenvalue weighted by Gasteiger charge is 2.26. The summed E-state index contributed by atoms with van der Waals surface area (Å²) in [5.74, 6) is -0.735. The number of nitrogens with one attached hydrogen (secondary N) is 1. The van der Waals surface area contributed by atoms with Gasteiger partial charge in [-0.3, -0.25) is 9.59 Å². The summed E-state index contributed by atoms with van der Waals surface area (Å²) < 4.78 is 20.6. The first-order valence-corrected chi connectivity index (χ1v) is 10.1. The minimum Gasteiger partial charge on any atom is -0.376 e. The van der Waals surface area contributed by atoms with Crippen LogP contribution >= 0.6 is 15.9 Å². The number of benzene rings is 2. The van der Waals surface area contributed by atoms with Crippen molar-refractivity contribution in [2.45, 2.75) is 25.5 Å². The normalized spacial score (nSPS) is 16.3. The average Bonchev–Trinajstić information content (AvgIpc) is 3.22. The van der Waals surface area contributed by atoms with Gasteiger partial charge in [0.25, 0.3) is 11.5 Å². The van der Waals surface area contributed by atoms with Gasteiger partial charge >= 0.3 is 0 Å². The van der Waals surface area contributed by atoms with E-state index in [0.29, 0.717) is 34.4 Å². The van der Waals surface area contributed by atoms with Crippen molar-refractivity contribution in [1.29, 1.82) is 0 Å². The van der Waals surface area contributed by atoms with Crippen molar-refractivity contribution in [3.05, 3.63) is 74.5 Å². The van der Waals surface area contributed by atoms with Crippen LogP contribution < -0.4 is 5.56 Å². The predicted molar refractivity (Wildman–Crippen MR) is 110 cm³/mol. The maximum absolute atomic E-state index is 14.3. The van der Waals surface area contributed by atoms with Crippen molar-refractivity contribution in [3.63, 3.8) is 0 Å². The van der Waals surface area contributed by atoms with E-state index in [1.807, 2.05) is 0 Å². The molecular formula is C21H19BrFN3O3. The minimum absolute atomic E-state index is 0.0412. The molecule has 1 aromatic heterocycles. The van der Waals surface area contributed by atoms with Crippen molar-refractivity contribution in [1.82, 2.24) is 14.9 Å². The molecule has 1 aliphatic rings. The summed E-state index contributed by atoms with van der Waals surface area (Å²) in [5.41, 5.74) is 0.230. The second-order valence-electron chi connectivity index (χ2n) is 6.97. The molecule has 0 aliphatic carbocycles. The fraction of sp³-hybridized carbons (Fsp3) is 0.286. The first-order valence-electron chi connectivity index (χ1n) is 9.35. The molecule has 1 aliphatic heterocycles. The first kappa shape index (κ1) is 19.7. The highest BCUT2D eigenvalue weighted by Crippen LogP contribution is 2.21. The zero-order valence-corrected chi connectivity index (χ0v) is 17.1. The van der Waals surface area contributed by atoms with Crippen LogP contribution in [0.1, 0.15) is 29.0 Å². The highest BCUT2D eigenvalue weighted by atomic mass is 79.9. The second-order valence-corrected chi connectivity index (χ2v) is 7.89. The summed E-state index contributed by atoms with van der Waals surface area (Å²) in [7, 11) is 0. The van der Waals surface area contributed by atoms with Crippen LogP contribution in [0, 0.1) is 5.82 Å². The standard InChI is InChI=1S/C21H19BrFN3O3/c22-13-7-8-17(23)16(10-13)21(28)26(11-14-4-3-9-29-14)12-19-24-18-6-2-1-5-15(18)20(27)25-19/h1-2,5-8,10,14H,3-4,9,11-12H2,(H,24,25,27)/t14-/m1/s1. The van der Waals surface area contributed by atoms with Crippen molar-refractivity contribution >= 4 is 32.7 Å². The molecule has 1 N–H and O–H groups in total. The van der Waals surface area contributed by atoms with Gasteiger partial charge in [0.2, 0.25) is 0 Å². The number of H-pyrrole nitrogens is 1. The second kappa shape index (κ2) is 8.42. The maximum atomic E-state index is 14.3. The van der Waals surface area contributed by atoms with Gasteiger partial charge in [0.15, 0.2) is 0 Å². The summed E-state index contributed by atoms with van der Waals surface area (Å²) in [4.78, 5) is 34.2. The third kappa shape index (κ3) is 4.38. The number of rotatable bonds is 5. The molecule has 0 radical (unpaired) electrons. The monoisotopic (exact) mass is 459 g/mol. The van der Waals surface area contributed by atoms with Gasteiger partial charge in [0.1, 0.15) is 11.6 Å². The van der Waals surface area contributed by atoms with E-state index in [-0.39, 0.29) is 23.8 Å². The number of amides is 1. The van der Waals surface area contributed by atoms with Gasteiger partial charge < -0.3 is 14.6 Å². The molecule has 3 aromatic rings. The summed E-state index contributed by atoms with van der Waals surface area (Å²) in [6.45, 7) is 0.981. The van der Waals surface area contributed by atoms with Crippen LogP contribution in [0.25, 0.3) is 10.9 Å². The van der Waals surface area contributed by atoms with Crippen LogP contribution in [0.2, 0.25) is 0 Å². The third-order valence-electron chi connectivity index (χ3n) is 4.90. The molecular weight excluding hydrogens is 441 g/mol. The van der Waals surface area contributed by atoms with E-state index >= 15 is 0 Å². The smallest absolute Gasteiger partial charge is 0.258 e. The molecule has 1 saturated heterocycles. The Kier molecular flexibility index (Phi) is 5.73. The molecule has 1 fully saturated rings. The molecule has 29 heavy (non-hydrogen) atoms. The first-order chi connectivity index (χ1) is 14.0. The third-order valence-corrected chi connectivity index (χ3v) is 5.39. The molecule has 1 amide bonds. The molecule has 0 bridgehead atoms. The van der Waals surface area contributed by atoms with Crippen molar-refractivity contribution in [3.8, 4) is 0 Å². The van der Waals surface area contributed by atoms with Crippen LogP contribution in [-0.4, -0.2) is 40.0 Å². The van der Waals surface area contributed by atoms with Gasteiger partial charge in [0.05, 0.1) is 29.1 Å². The lowest BCUT2D eigenvalue weighted by molar-refractivity contribution is 0.0497. The van der Waals surface area contributed by atoms with Crippen molar-refractivity contribution in [2.75, 3.05) is 13.2 Å². The van der Waals surface area contributed by atoms with E-state index in [1.165, 1.54) is 17.0 Å². The van der Waals surface area contributed by atoms with E-state index < -0.39 is 11.7 Å². The van der Waals surface area contributed by atoms with E-state index in [2.05, 4.69) is 25.9 Å². The van der Waals surface area contributed by atoms with Crippen LogP contribution in [-0.2, 0) is 11.3 Å². The number of nitrogens with zero attached hydrogens (tertiary/aromatic N) is 2. The fourth-order valence-electron chi connectivity index (χ4n) is 3.48. The molecule has 1 atom stereocenters. The minimum atomic E-state index is -0.601. The maximum Gasteiger partial charge on any atom is 0.258 e. The topological polar surface area (TPSA) is 75.3 Å². The van der Waals surface area contributed by atoms with E-state index in [0.717, 1.165) is 12.8 Å². The van der Waals surface area contributed by atoms with Crippen LogP contribution in [0.4, 0.5) is 4.39 Å². The molecule has 150 valence electrons. The van der Waals surface area contributed by atoms with E-state index in [1.54, 1.807) is 30.3 Å². The Labute approximate surface area is 174 Å². The molecule has 8 heteroatoms. The van der Waals surface area contributed by atoms with Gasteiger partial charge in [-0.15, -0.1) is 0 Å². The summed E-state index contributed by atoms with van der Waals surface area (Å²) in [6, 6.07) is 11.2. The van der Waals surface area contributed by atoms with Gasteiger partial charge in [-0.1, -0.05) is 28.1 Å². The Morgan fingerprint density at radius 3 is 2.93 bits per heavy atom. The van der Waals surface area contributed by atoms with E-state index in [4.69, 9.17) is 4.74 Å². The largest absolute Gasteiger partial charge is 0.376 e. The number of fused-ring (bicyclic) bond motifs is 1. The van der Waals surface area contributed by atoms with Gasteiger partial charge in [0, 0.05) is 17.6 Å². The van der Waals surface area contributed by atoms with Gasteiger partial charge in [-0.2, -0.15) is 0 Å². The number of para-hydroxylation sites is 1. The van der Waals surface area contributed by atoms with Crippen LogP contribution in [0.15, 0.2) is 51.7 Å². The lowest BCUT2D eigenvalue weighted by Crippen LogP contribution is -2.38. The number of aromatic amines is 1. The highest BCUT2D eigenvalue weighted by molar-refractivity contribution is 9.10. The number of halogens is 2. The zero-order chi connectivity index (χ0) is 20.4. The molecule has 4 rings (SSSR count). The zero-order valence-electron chi connectivity index (χ0n) is 15.5. The summed E-state index contributed by atoms with van der Waals surface area (Å²) in [6.07, 6.45) is 1.62. The SMILES string of the molecule is O=C(c1cc(Br)ccc1F)N(Cc1nc2ccccc2c(=O)[nH]1)C[C@H]1CCCO1. The number of carbonyl (C=O) groups excluding carboxylic acids is 1. The lowest BCUT2D eigenvalue weighted by Gasteiger charge is -2.25. The Balaban J connectivity index is 1.68. The van der Waals surface area contributed by atoms with Crippen LogP contribution in [0.3, 0.4) is 0 Å². The average molecular weight is 460 g/mol. The molecule has 0 unspecified atom stereocenters.